The summed E-state index contributed by atoms with van der Waals surface area (Å²) in [5, 5.41) is 31.3. The van der Waals surface area contributed by atoms with E-state index in [0.29, 0.717) is 12.8 Å². The number of nitrogens with one attached hydrogen (secondary N) is 1. The van der Waals surface area contributed by atoms with Crippen molar-refractivity contribution in [3.05, 3.63) is 27.9 Å². The summed E-state index contributed by atoms with van der Waals surface area (Å²) in [5.74, 6) is 0.124. The second-order valence-electron chi connectivity index (χ2n) is 3.72. The van der Waals surface area contributed by atoms with E-state index >= 15 is 0 Å². The fourth-order valence-corrected chi connectivity index (χ4v) is 1.49. The highest BCUT2D eigenvalue weighted by atomic mass is 16.6. The molecule has 7 heteroatoms. The highest BCUT2D eigenvalue weighted by Crippen LogP contribution is 2.24. The van der Waals surface area contributed by atoms with E-state index in [2.05, 4.69) is 10.3 Å². The van der Waals surface area contributed by atoms with Crippen molar-refractivity contribution in [3.63, 3.8) is 0 Å². The third-order valence-corrected chi connectivity index (χ3v) is 2.50. The molecular weight excluding hydrogens is 236 g/mol. The summed E-state index contributed by atoms with van der Waals surface area (Å²) in [7, 11) is 0. The fraction of sp³-hybridized carbons (Fsp3) is 0.455. The van der Waals surface area contributed by atoms with Gasteiger partial charge in [-0.3, -0.25) is 10.1 Å². The summed E-state index contributed by atoms with van der Waals surface area (Å²) in [6.07, 6.45) is 2.47. The number of nitrogens with zero attached hydrogens (tertiary/aromatic N) is 3. The first-order chi connectivity index (χ1) is 8.62. The molecule has 2 N–H and O–H groups in total. The van der Waals surface area contributed by atoms with Crippen LogP contribution in [-0.4, -0.2) is 27.7 Å². The predicted molar refractivity (Wildman–Crippen MR) is 65.0 cm³/mol. The zero-order valence-electron chi connectivity index (χ0n) is 9.96. The minimum atomic E-state index is -0.582. The van der Waals surface area contributed by atoms with Crippen molar-refractivity contribution >= 4 is 11.5 Å². The van der Waals surface area contributed by atoms with Gasteiger partial charge in [0.1, 0.15) is 6.07 Å². The van der Waals surface area contributed by atoms with Crippen molar-refractivity contribution in [2.75, 3.05) is 11.9 Å². The van der Waals surface area contributed by atoms with Crippen LogP contribution >= 0.6 is 0 Å². The summed E-state index contributed by atoms with van der Waals surface area (Å²) >= 11 is 0. The smallest absolute Gasteiger partial charge is 0.312 e. The first kappa shape index (κ1) is 13.9. The molecule has 0 radical (unpaired) electrons. The van der Waals surface area contributed by atoms with Gasteiger partial charge in [-0.1, -0.05) is 6.92 Å². The monoisotopic (exact) mass is 250 g/mol. The number of nitro groups is 1. The molecule has 0 aliphatic rings. The van der Waals surface area contributed by atoms with Gasteiger partial charge in [0.05, 0.1) is 10.5 Å². The van der Waals surface area contributed by atoms with E-state index in [9.17, 15) is 10.1 Å². The molecule has 0 spiro atoms. The number of aliphatic hydroxyl groups excluding tert-OH is 1. The van der Waals surface area contributed by atoms with Gasteiger partial charge in [0.2, 0.25) is 5.82 Å². The maximum absolute atomic E-state index is 10.9. The number of aromatic nitrogens is 1. The second kappa shape index (κ2) is 6.51. The van der Waals surface area contributed by atoms with Gasteiger partial charge in [-0.2, -0.15) is 5.26 Å². The molecule has 0 amide bonds. The molecule has 7 nitrogen and oxygen atoms in total. The van der Waals surface area contributed by atoms with E-state index in [-0.39, 0.29) is 29.7 Å². The van der Waals surface area contributed by atoms with E-state index in [4.69, 9.17) is 10.4 Å². The Morgan fingerprint density at radius 2 is 2.44 bits per heavy atom. The molecule has 1 aromatic heterocycles. The van der Waals surface area contributed by atoms with Crippen LogP contribution in [0.4, 0.5) is 11.5 Å². The zero-order chi connectivity index (χ0) is 13.5. The highest BCUT2D eigenvalue weighted by molar-refractivity contribution is 5.58. The van der Waals surface area contributed by atoms with Gasteiger partial charge in [0.15, 0.2) is 0 Å². The van der Waals surface area contributed by atoms with Crippen LogP contribution in [0.1, 0.15) is 25.3 Å². The van der Waals surface area contributed by atoms with Crippen LogP contribution in [0.5, 0.6) is 0 Å². The zero-order valence-corrected chi connectivity index (χ0v) is 9.96. The van der Waals surface area contributed by atoms with Crippen LogP contribution in [-0.2, 0) is 0 Å². The maximum atomic E-state index is 10.9. The number of aliphatic hydroxyl groups is 1. The molecule has 1 aromatic rings. The van der Waals surface area contributed by atoms with Gasteiger partial charge in [-0.05, 0) is 12.8 Å². The predicted octanol–water partition coefficient (Wildman–Crippen LogP) is 1.43. The van der Waals surface area contributed by atoms with E-state index in [1.807, 2.05) is 13.0 Å². The van der Waals surface area contributed by atoms with E-state index in [0.717, 1.165) is 0 Å². The fourth-order valence-electron chi connectivity index (χ4n) is 1.49. The lowest BCUT2D eigenvalue weighted by atomic mass is 10.1. The largest absolute Gasteiger partial charge is 0.396 e. The number of hydrogen-bond acceptors (Lipinski definition) is 6. The lowest BCUT2D eigenvalue weighted by Crippen LogP contribution is -2.21. The Morgan fingerprint density at radius 1 is 1.72 bits per heavy atom. The Labute approximate surface area is 104 Å². The standard InChI is InChI=1S/C11H14N4O3/c1-2-9(3-4-16)14-11-10(15(17)18)5-8(6-12)7-13-11/h5,7,9,16H,2-4H2,1H3,(H,13,14). The van der Waals surface area contributed by atoms with Crippen LogP contribution in [0.3, 0.4) is 0 Å². The van der Waals surface area contributed by atoms with Crippen LogP contribution in [0, 0.1) is 21.4 Å². The maximum Gasteiger partial charge on any atom is 0.312 e. The van der Waals surface area contributed by atoms with E-state index in [1.54, 1.807) is 0 Å². The molecule has 1 rings (SSSR count). The minimum Gasteiger partial charge on any atom is -0.396 e. The molecule has 0 bridgehead atoms. The molecule has 18 heavy (non-hydrogen) atoms. The number of anilines is 1. The molecule has 1 unspecified atom stereocenters. The first-order valence-corrected chi connectivity index (χ1v) is 5.54. The van der Waals surface area contributed by atoms with Crippen molar-refractivity contribution in [1.29, 1.82) is 5.26 Å². The molecule has 0 aliphatic heterocycles. The molecular formula is C11H14N4O3. The summed E-state index contributed by atoms with van der Waals surface area (Å²) in [6, 6.07) is 2.90. The third-order valence-electron chi connectivity index (χ3n) is 2.50. The third kappa shape index (κ3) is 3.40. The van der Waals surface area contributed by atoms with Gasteiger partial charge in [0.25, 0.3) is 0 Å². The van der Waals surface area contributed by atoms with Crippen molar-refractivity contribution in [2.45, 2.75) is 25.8 Å². The normalized spacial score (nSPS) is 11.6. The van der Waals surface area contributed by atoms with E-state index in [1.165, 1.54) is 12.3 Å². The number of hydrogen-bond donors (Lipinski definition) is 2. The highest BCUT2D eigenvalue weighted by Gasteiger charge is 2.18. The van der Waals surface area contributed by atoms with Crippen molar-refractivity contribution in [3.8, 4) is 6.07 Å². The van der Waals surface area contributed by atoms with Crippen molar-refractivity contribution in [1.82, 2.24) is 4.98 Å². The Morgan fingerprint density at radius 3 is 2.94 bits per heavy atom. The molecule has 0 saturated carbocycles. The number of rotatable bonds is 6. The Hall–Kier alpha value is -2.20. The summed E-state index contributed by atoms with van der Waals surface area (Å²) < 4.78 is 0. The average Bonchev–Trinajstić information content (AvgIpc) is 2.38. The molecule has 96 valence electrons. The van der Waals surface area contributed by atoms with Gasteiger partial charge in [0, 0.05) is 24.9 Å². The van der Waals surface area contributed by atoms with Gasteiger partial charge >= 0.3 is 5.69 Å². The lowest BCUT2D eigenvalue weighted by Gasteiger charge is -2.16. The quantitative estimate of drug-likeness (QED) is 0.583. The van der Waals surface area contributed by atoms with Crippen LogP contribution < -0.4 is 5.32 Å². The second-order valence-corrected chi connectivity index (χ2v) is 3.72. The number of pyridine rings is 1. The van der Waals surface area contributed by atoms with Crippen molar-refractivity contribution in [2.24, 2.45) is 0 Å². The summed E-state index contributed by atoms with van der Waals surface area (Å²) in [5.41, 5.74) is -0.0899. The molecule has 0 saturated heterocycles. The molecule has 1 atom stereocenters. The molecule has 1 heterocycles. The van der Waals surface area contributed by atoms with Crippen molar-refractivity contribution < 1.29 is 10.0 Å². The van der Waals surface area contributed by atoms with Gasteiger partial charge in [-0.25, -0.2) is 4.98 Å². The minimum absolute atomic E-state index is 0.00438. The molecule has 0 aliphatic carbocycles. The summed E-state index contributed by atoms with van der Waals surface area (Å²) in [4.78, 5) is 14.2. The Kier molecular flexibility index (Phi) is 5.02. The first-order valence-electron chi connectivity index (χ1n) is 5.54. The summed E-state index contributed by atoms with van der Waals surface area (Å²) in [6.45, 7) is 1.90. The number of nitriles is 1. The van der Waals surface area contributed by atoms with Gasteiger partial charge < -0.3 is 10.4 Å². The van der Waals surface area contributed by atoms with Gasteiger partial charge in [-0.15, -0.1) is 0 Å². The molecule has 0 aromatic carbocycles. The Bertz CT molecular complexity index is 470. The van der Waals surface area contributed by atoms with E-state index < -0.39 is 4.92 Å². The van der Waals surface area contributed by atoms with Crippen LogP contribution in [0.2, 0.25) is 0 Å². The van der Waals surface area contributed by atoms with Crippen LogP contribution in [0.25, 0.3) is 0 Å². The molecule has 0 fully saturated rings. The average molecular weight is 250 g/mol. The Balaban J connectivity index is 3.01. The topological polar surface area (TPSA) is 112 Å². The van der Waals surface area contributed by atoms with Crippen LogP contribution in [0.15, 0.2) is 12.3 Å². The lowest BCUT2D eigenvalue weighted by molar-refractivity contribution is -0.384. The SMILES string of the molecule is CCC(CCO)Nc1ncc(C#N)cc1[N+](=O)[O-].